The van der Waals surface area contributed by atoms with Gasteiger partial charge in [0.15, 0.2) is 5.82 Å². The van der Waals surface area contributed by atoms with E-state index in [1.54, 1.807) is 18.3 Å². The first kappa shape index (κ1) is 16.6. The molecule has 1 aromatic carbocycles. The summed E-state index contributed by atoms with van der Waals surface area (Å²) in [5, 5.41) is 11.3. The van der Waals surface area contributed by atoms with Crippen molar-refractivity contribution in [1.82, 2.24) is 25.1 Å². The Morgan fingerprint density at radius 3 is 2.76 bits per heavy atom. The molecule has 1 amide bonds. The highest BCUT2D eigenvalue weighted by atomic mass is 16.5. The molecule has 0 unspecified atom stereocenters. The topological polar surface area (TPSA) is 81.9 Å². The van der Waals surface area contributed by atoms with Crippen LogP contribution in [0.3, 0.4) is 0 Å². The first-order valence-corrected chi connectivity index (χ1v) is 7.91. The number of hydrogen-bond acceptors (Lipinski definition) is 5. The second kappa shape index (κ2) is 7.57. The molecular formula is C18H19N5O2. The van der Waals surface area contributed by atoms with Gasteiger partial charge < -0.3 is 14.6 Å². The van der Waals surface area contributed by atoms with Gasteiger partial charge in [0.25, 0.3) is 5.91 Å². The summed E-state index contributed by atoms with van der Waals surface area (Å²) in [4.78, 5) is 16.2. The van der Waals surface area contributed by atoms with Gasteiger partial charge in [0.1, 0.15) is 5.82 Å². The first-order chi connectivity index (χ1) is 12.2. The Balaban J connectivity index is 1.61. The van der Waals surface area contributed by atoms with E-state index < -0.39 is 0 Å². The zero-order chi connectivity index (χ0) is 17.6. The molecule has 0 fully saturated rings. The number of nitrogens with zero attached hydrogens (tertiary/aromatic N) is 4. The van der Waals surface area contributed by atoms with Crippen LogP contribution in [0, 0.1) is 0 Å². The monoisotopic (exact) mass is 337 g/mol. The smallest absolute Gasteiger partial charge is 0.251 e. The van der Waals surface area contributed by atoms with Gasteiger partial charge in [-0.25, -0.2) is 4.98 Å². The Hall–Kier alpha value is -3.22. The van der Waals surface area contributed by atoms with Crippen LogP contribution in [-0.4, -0.2) is 39.3 Å². The van der Waals surface area contributed by atoms with Crippen molar-refractivity contribution < 1.29 is 9.53 Å². The van der Waals surface area contributed by atoms with E-state index in [-0.39, 0.29) is 5.91 Å². The summed E-state index contributed by atoms with van der Waals surface area (Å²) in [7, 11) is 3.44. The predicted octanol–water partition coefficient (Wildman–Crippen LogP) is 1.86. The molecule has 0 saturated heterocycles. The van der Waals surface area contributed by atoms with Gasteiger partial charge in [0.2, 0.25) is 5.88 Å². The van der Waals surface area contributed by atoms with Crippen molar-refractivity contribution in [3.05, 3.63) is 60.0 Å². The van der Waals surface area contributed by atoms with Gasteiger partial charge in [-0.05, 0) is 6.07 Å². The Kier molecular flexibility index (Phi) is 5.03. The minimum atomic E-state index is -0.175. The van der Waals surface area contributed by atoms with Gasteiger partial charge in [-0.2, -0.15) is 0 Å². The highest BCUT2D eigenvalue weighted by Crippen LogP contribution is 2.16. The number of methoxy groups -OCH3 is 1. The van der Waals surface area contributed by atoms with E-state index in [1.165, 1.54) is 7.11 Å². The minimum Gasteiger partial charge on any atom is -0.481 e. The van der Waals surface area contributed by atoms with Crippen LogP contribution < -0.4 is 10.1 Å². The third kappa shape index (κ3) is 3.82. The number of nitrogens with one attached hydrogen (secondary N) is 1. The van der Waals surface area contributed by atoms with Crippen LogP contribution in [0.25, 0.3) is 11.4 Å². The van der Waals surface area contributed by atoms with Gasteiger partial charge in [0, 0.05) is 43.4 Å². The molecule has 0 aliphatic rings. The van der Waals surface area contributed by atoms with Crippen molar-refractivity contribution in [1.29, 1.82) is 0 Å². The Morgan fingerprint density at radius 1 is 1.20 bits per heavy atom. The van der Waals surface area contributed by atoms with Gasteiger partial charge >= 0.3 is 0 Å². The minimum absolute atomic E-state index is 0.175. The summed E-state index contributed by atoms with van der Waals surface area (Å²) in [6, 6.07) is 13.1. The van der Waals surface area contributed by atoms with Crippen molar-refractivity contribution >= 4 is 5.91 Å². The fourth-order valence-corrected chi connectivity index (χ4v) is 2.47. The summed E-state index contributed by atoms with van der Waals surface area (Å²) >= 11 is 0. The molecule has 7 nitrogen and oxygen atoms in total. The van der Waals surface area contributed by atoms with Crippen LogP contribution in [0.15, 0.2) is 48.7 Å². The van der Waals surface area contributed by atoms with Crippen LogP contribution in [-0.2, 0) is 13.5 Å². The lowest BCUT2D eigenvalue weighted by molar-refractivity contribution is 0.0953. The quantitative estimate of drug-likeness (QED) is 0.742. The van der Waals surface area contributed by atoms with E-state index in [0.29, 0.717) is 24.4 Å². The molecule has 0 radical (unpaired) electrons. The predicted molar refractivity (Wildman–Crippen MR) is 93.3 cm³/mol. The normalized spacial score (nSPS) is 10.5. The lowest BCUT2D eigenvalue weighted by atomic mass is 10.2. The number of aromatic nitrogens is 4. The van der Waals surface area contributed by atoms with Crippen LogP contribution in [0.5, 0.6) is 5.88 Å². The third-order valence-electron chi connectivity index (χ3n) is 3.84. The number of hydrogen-bond donors (Lipinski definition) is 1. The van der Waals surface area contributed by atoms with Crippen molar-refractivity contribution in [3.63, 3.8) is 0 Å². The van der Waals surface area contributed by atoms with E-state index >= 15 is 0 Å². The zero-order valence-corrected chi connectivity index (χ0v) is 14.1. The number of carbonyl (C=O) groups is 1. The molecular weight excluding hydrogens is 318 g/mol. The summed E-state index contributed by atoms with van der Waals surface area (Å²) in [6.07, 6.45) is 2.13. The van der Waals surface area contributed by atoms with Crippen molar-refractivity contribution in [3.8, 4) is 17.3 Å². The second-order valence-electron chi connectivity index (χ2n) is 5.46. The van der Waals surface area contributed by atoms with Gasteiger partial charge in [-0.15, -0.1) is 10.2 Å². The molecule has 0 bridgehead atoms. The average molecular weight is 337 g/mol. The van der Waals surface area contributed by atoms with E-state index in [9.17, 15) is 4.79 Å². The van der Waals surface area contributed by atoms with Crippen LogP contribution >= 0.6 is 0 Å². The summed E-state index contributed by atoms with van der Waals surface area (Å²) in [6.45, 7) is 0.463. The molecule has 0 aliphatic heterocycles. The average Bonchev–Trinajstić information content (AvgIpc) is 3.03. The maximum atomic E-state index is 12.2. The molecule has 25 heavy (non-hydrogen) atoms. The van der Waals surface area contributed by atoms with E-state index in [2.05, 4.69) is 20.5 Å². The van der Waals surface area contributed by atoms with Crippen LogP contribution in [0.4, 0.5) is 0 Å². The van der Waals surface area contributed by atoms with Crippen molar-refractivity contribution in [2.24, 2.45) is 7.05 Å². The molecule has 0 aliphatic carbocycles. The lowest BCUT2D eigenvalue weighted by Crippen LogP contribution is -2.26. The maximum Gasteiger partial charge on any atom is 0.251 e. The van der Waals surface area contributed by atoms with Gasteiger partial charge in [-0.1, -0.05) is 30.3 Å². The van der Waals surface area contributed by atoms with Crippen molar-refractivity contribution in [2.75, 3.05) is 13.7 Å². The molecule has 0 saturated carbocycles. The number of rotatable bonds is 6. The van der Waals surface area contributed by atoms with Gasteiger partial charge in [-0.3, -0.25) is 4.79 Å². The van der Waals surface area contributed by atoms with Gasteiger partial charge in [0.05, 0.1) is 7.11 Å². The number of ether oxygens (including phenoxy) is 1. The summed E-state index contributed by atoms with van der Waals surface area (Å²) < 4.78 is 6.97. The largest absolute Gasteiger partial charge is 0.481 e. The molecule has 3 rings (SSSR count). The SMILES string of the molecule is COc1cc(C(=O)NCCc2nnc(-c3ccccc3)n2C)ccn1. The first-order valence-electron chi connectivity index (χ1n) is 7.91. The summed E-state index contributed by atoms with van der Waals surface area (Å²) in [5.74, 6) is 1.85. The Morgan fingerprint density at radius 2 is 2.00 bits per heavy atom. The fourth-order valence-electron chi connectivity index (χ4n) is 2.47. The van der Waals surface area contributed by atoms with Crippen molar-refractivity contribution in [2.45, 2.75) is 6.42 Å². The van der Waals surface area contributed by atoms with E-state index in [0.717, 1.165) is 17.2 Å². The molecule has 1 N–H and O–H groups in total. The molecule has 2 aromatic heterocycles. The maximum absolute atomic E-state index is 12.2. The molecule has 0 atom stereocenters. The number of amides is 1. The molecule has 0 spiro atoms. The fraction of sp³-hybridized carbons (Fsp3) is 0.222. The highest BCUT2D eigenvalue weighted by molar-refractivity contribution is 5.94. The Labute approximate surface area is 145 Å². The third-order valence-corrected chi connectivity index (χ3v) is 3.84. The lowest BCUT2D eigenvalue weighted by Gasteiger charge is -2.07. The Bertz CT molecular complexity index is 861. The number of carbonyl (C=O) groups excluding carboxylic acids is 1. The van der Waals surface area contributed by atoms with Crippen LogP contribution in [0.2, 0.25) is 0 Å². The molecule has 3 aromatic rings. The molecule has 2 heterocycles. The summed E-state index contributed by atoms with van der Waals surface area (Å²) in [5.41, 5.74) is 1.52. The molecule has 7 heteroatoms. The zero-order valence-electron chi connectivity index (χ0n) is 14.1. The highest BCUT2D eigenvalue weighted by Gasteiger charge is 2.11. The molecule has 128 valence electrons. The van der Waals surface area contributed by atoms with E-state index in [1.807, 2.05) is 41.9 Å². The standard InChI is InChI=1S/C18H19N5O2/c1-23-15(21-22-17(23)13-6-4-3-5-7-13)9-11-20-18(24)14-8-10-19-16(12-14)25-2/h3-8,10,12H,9,11H2,1-2H3,(H,20,24). The number of pyridine rings is 1. The number of benzene rings is 1. The van der Waals surface area contributed by atoms with E-state index in [4.69, 9.17) is 4.74 Å². The second-order valence-corrected chi connectivity index (χ2v) is 5.46. The van der Waals surface area contributed by atoms with Crippen LogP contribution in [0.1, 0.15) is 16.2 Å².